The third-order valence-electron chi connectivity index (χ3n) is 3.80. The zero-order valence-corrected chi connectivity index (χ0v) is 12.3. The van der Waals surface area contributed by atoms with Gasteiger partial charge in [0.1, 0.15) is 11.9 Å². The van der Waals surface area contributed by atoms with E-state index in [0.717, 1.165) is 17.3 Å². The quantitative estimate of drug-likeness (QED) is 0.626. The Labute approximate surface area is 123 Å². The number of benzene rings is 1. The molecule has 2 unspecified atom stereocenters. The summed E-state index contributed by atoms with van der Waals surface area (Å²) in [7, 11) is 1.61. The number of ketones is 1. The van der Waals surface area contributed by atoms with Crippen LogP contribution in [0.25, 0.3) is 0 Å². The molecule has 1 aliphatic heterocycles. The second-order valence-corrected chi connectivity index (χ2v) is 6.40. The topological polar surface area (TPSA) is 35.5 Å². The van der Waals surface area contributed by atoms with Gasteiger partial charge in [0.15, 0.2) is 10.9 Å². The van der Waals surface area contributed by atoms with Crippen molar-refractivity contribution in [2.24, 2.45) is 0 Å². The summed E-state index contributed by atoms with van der Waals surface area (Å²) in [5, 5.41) is 1.32. The fourth-order valence-corrected chi connectivity index (χ4v) is 3.95. The number of fused-ring (bicyclic) bond motifs is 1. The summed E-state index contributed by atoms with van der Waals surface area (Å²) in [4.78, 5) is 12.2. The van der Waals surface area contributed by atoms with Crippen molar-refractivity contribution in [2.75, 3.05) is 7.11 Å². The van der Waals surface area contributed by atoms with Gasteiger partial charge in [0.05, 0.1) is 7.11 Å². The fourth-order valence-electron chi connectivity index (χ4n) is 2.67. The van der Waals surface area contributed by atoms with Crippen LogP contribution in [-0.2, 0) is 4.74 Å². The highest BCUT2D eigenvalue weighted by atomic mass is 32.2. The van der Waals surface area contributed by atoms with Gasteiger partial charge in [0.25, 0.3) is 0 Å². The smallest absolute Gasteiger partial charge is 0.190 e. The van der Waals surface area contributed by atoms with Gasteiger partial charge < -0.3 is 9.47 Å². The van der Waals surface area contributed by atoms with Crippen molar-refractivity contribution in [3.8, 4) is 5.75 Å². The first kappa shape index (κ1) is 13.6. The number of hydrogen-bond acceptors (Lipinski definition) is 4. The number of hydrogen-bond donors (Lipinski definition) is 0. The summed E-state index contributed by atoms with van der Waals surface area (Å²) in [6.07, 6.45) is 6.77. The second kappa shape index (κ2) is 5.92. The minimum absolute atomic E-state index is 0.00574. The minimum Gasteiger partial charge on any atom is -0.497 e. The molecule has 0 spiro atoms. The van der Waals surface area contributed by atoms with Crippen molar-refractivity contribution in [1.82, 2.24) is 0 Å². The first-order chi connectivity index (χ1) is 9.76. The van der Waals surface area contributed by atoms with Gasteiger partial charge in [-0.1, -0.05) is 18.2 Å². The molecule has 1 heterocycles. The average molecular weight is 290 g/mol. The lowest BCUT2D eigenvalue weighted by atomic mass is 9.97. The highest BCUT2D eigenvalue weighted by Crippen LogP contribution is 2.43. The summed E-state index contributed by atoms with van der Waals surface area (Å²) < 4.78 is 11.0. The molecule has 20 heavy (non-hydrogen) atoms. The number of carbonyl (C=O) groups excluding carboxylic acids is 1. The summed E-state index contributed by atoms with van der Waals surface area (Å²) in [5.74, 6) is 0.750. The molecule has 1 saturated carbocycles. The molecule has 0 bridgehead atoms. The van der Waals surface area contributed by atoms with E-state index in [-0.39, 0.29) is 5.78 Å². The Hall–Kier alpha value is -1.42. The number of ether oxygens (including phenoxy) is 2. The Kier molecular flexibility index (Phi) is 4.01. The maximum absolute atomic E-state index is 12.2. The van der Waals surface area contributed by atoms with Gasteiger partial charge in [-0.2, -0.15) is 0 Å². The minimum atomic E-state index is -0.00574. The van der Waals surface area contributed by atoms with Crippen LogP contribution in [0.3, 0.4) is 0 Å². The molecule has 2 atom stereocenters. The average Bonchev–Trinajstić information content (AvgIpc) is 2.89. The molecule has 3 rings (SSSR count). The van der Waals surface area contributed by atoms with Crippen LogP contribution in [0.5, 0.6) is 5.75 Å². The van der Waals surface area contributed by atoms with Gasteiger partial charge in [-0.05, 0) is 43.5 Å². The van der Waals surface area contributed by atoms with Crippen LogP contribution in [0.2, 0.25) is 0 Å². The summed E-state index contributed by atoms with van der Waals surface area (Å²) in [6.45, 7) is 0. The Bertz CT molecular complexity index is 505. The first-order valence-electron chi connectivity index (χ1n) is 6.99. The monoisotopic (exact) mass is 290 g/mol. The van der Waals surface area contributed by atoms with Crippen LogP contribution in [0, 0.1) is 0 Å². The largest absolute Gasteiger partial charge is 0.497 e. The molecule has 106 valence electrons. The van der Waals surface area contributed by atoms with Crippen LogP contribution in [0.4, 0.5) is 0 Å². The Balaban J connectivity index is 1.69. The zero-order valence-electron chi connectivity index (χ0n) is 11.5. The lowest BCUT2D eigenvalue weighted by Gasteiger charge is -2.21. The molecule has 1 aromatic carbocycles. The molecule has 0 radical (unpaired) electrons. The molecular weight excluding hydrogens is 272 g/mol. The summed E-state index contributed by atoms with van der Waals surface area (Å²) in [6, 6.07) is 7.16. The lowest BCUT2D eigenvalue weighted by molar-refractivity contribution is 0.102. The van der Waals surface area contributed by atoms with E-state index in [0.29, 0.717) is 16.9 Å². The van der Waals surface area contributed by atoms with Crippen molar-refractivity contribution in [3.05, 3.63) is 41.0 Å². The molecular formula is C16H18O3S. The van der Waals surface area contributed by atoms with Crippen LogP contribution in [0.1, 0.15) is 36.0 Å². The van der Waals surface area contributed by atoms with E-state index in [9.17, 15) is 4.79 Å². The third kappa shape index (κ3) is 2.85. The predicted molar refractivity (Wildman–Crippen MR) is 80.1 cm³/mol. The zero-order chi connectivity index (χ0) is 13.9. The SMILES string of the molecule is COc1ccc(C(=O)/C=C2/OC3CCCCC3S2)cc1. The standard InChI is InChI=1S/C16H18O3S/c1-18-12-8-6-11(7-9-12)13(17)10-16-19-14-4-2-3-5-15(14)20-16/h6-10,14-15H,2-5H2,1H3/b16-10-. The second-order valence-electron chi connectivity index (χ2n) is 5.15. The van der Waals surface area contributed by atoms with E-state index >= 15 is 0 Å². The van der Waals surface area contributed by atoms with Gasteiger partial charge in [-0.25, -0.2) is 0 Å². The van der Waals surface area contributed by atoms with Crippen molar-refractivity contribution in [1.29, 1.82) is 0 Å². The highest BCUT2D eigenvalue weighted by Gasteiger charge is 2.35. The number of rotatable bonds is 3. The van der Waals surface area contributed by atoms with Crippen molar-refractivity contribution in [3.63, 3.8) is 0 Å². The molecule has 4 heteroatoms. The molecule has 3 nitrogen and oxygen atoms in total. The molecule has 0 amide bonds. The van der Waals surface area contributed by atoms with E-state index in [1.54, 1.807) is 49.2 Å². The normalized spacial score (nSPS) is 26.9. The number of methoxy groups -OCH3 is 1. The Morgan fingerprint density at radius 1 is 1.30 bits per heavy atom. The maximum atomic E-state index is 12.2. The highest BCUT2D eigenvalue weighted by molar-refractivity contribution is 8.03. The summed E-state index contributed by atoms with van der Waals surface area (Å²) in [5.41, 5.74) is 0.664. The molecule has 2 fully saturated rings. The molecule has 1 aromatic rings. The van der Waals surface area contributed by atoms with E-state index < -0.39 is 0 Å². The lowest BCUT2D eigenvalue weighted by Crippen LogP contribution is -2.23. The Morgan fingerprint density at radius 2 is 2.05 bits per heavy atom. The van der Waals surface area contributed by atoms with Gasteiger partial charge in [-0.15, -0.1) is 0 Å². The van der Waals surface area contributed by atoms with Crippen LogP contribution < -0.4 is 4.74 Å². The van der Waals surface area contributed by atoms with Crippen molar-refractivity contribution < 1.29 is 14.3 Å². The van der Waals surface area contributed by atoms with Gasteiger partial charge in [0.2, 0.25) is 0 Å². The molecule has 1 aliphatic carbocycles. The third-order valence-corrected chi connectivity index (χ3v) is 5.09. The molecule has 1 saturated heterocycles. The van der Waals surface area contributed by atoms with Gasteiger partial charge >= 0.3 is 0 Å². The summed E-state index contributed by atoms with van der Waals surface area (Å²) >= 11 is 1.72. The fraction of sp³-hybridized carbons (Fsp3) is 0.438. The maximum Gasteiger partial charge on any atom is 0.190 e. The van der Waals surface area contributed by atoms with E-state index in [1.807, 2.05) is 0 Å². The number of thioether (sulfide) groups is 1. The van der Waals surface area contributed by atoms with Crippen molar-refractivity contribution >= 4 is 17.5 Å². The predicted octanol–water partition coefficient (Wildman–Crippen LogP) is 3.79. The number of allylic oxidation sites excluding steroid dienone is 1. The Morgan fingerprint density at radius 3 is 2.75 bits per heavy atom. The van der Waals surface area contributed by atoms with Gasteiger partial charge in [-0.3, -0.25) is 4.79 Å². The van der Waals surface area contributed by atoms with Crippen LogP contribution in [0.15, 0.2) is 35.4 Å². The van der Waals surface area contributed by atoms with E-state index in [2.05, 4.69) is 0 Å². The molecule has 0 aromatic heterocycles. The van der Waals surface area contributed by atoms with E-state index in [1.165, 1.54) is 19.3 Å². The first-order valence-corrected chi connectivity index (χ1v) is 7.87. The molecule has 2 aliphatic rings. The van der Waals surface area contributed by atoms with Crippen molar-refractivity contribution in [2.45, 2.75) is 37.0 Å². The number of carbonyl (C=O) groups is 1. The van der Waals surface area contributed by atoms with Gasteiger partial charge in [0, 0.05) is 16.9 Å². The van der Waals surface area contributed by atoms with E-state index in [4.69, 9.17) is 9.47 Å². The van der Waals surface area contributed by atoms with Crippen LogP contribution >= 0.6 is 11.8 Å². The molecule has 0 N–H and O–H groups in total. The van der Waals surface area contributed by atoms with Crippen LogP contribution in [-0.4, -0.2) is 24.2 Å².